The Bertz CT molecular complexity index is 477. The van der Waals surface area contributed by atoms with Crippen LogP contribution in [0.1, 0.15) is 37.8 Å². The van der Waals surface area contributed by atoms with Gasteiger partial charge in [-0.25, -0.2) is 4.39 Å². The van der Waals surface area contributed by atoms with Crippen molar-refractivity contribution in [3.05, 3.63) is 35.6 Å². The van der Waals surface area contributed by atoms with Crippen LogP contribution in [0.15, 0.2) is 24.3 Å². The highest BCUT2D eigenvalue weighted by atomic mass is 19.1. The second-order valence-corrected chi connectivity index (χ2v) is 6.51. The normalized spacial score (nSPS) is 27.1. The zero-order chi connectivity index (χ0) is 14.8. The van der Waals surface area contributed by atoms with Crippen LogP contribution in [0.4, 0.5) is 4.39 Å². The molecule has 0 radical (unpaired) electrons. The van der Waals surface area contributed by atoms with Crippen LogP contribution in [0.5, 0.6) is 0 Å². The van der Waals surface area contributed by atoms with E-state index in [1.54, 1.807) is 12.1 Å². The SMILES string of the molecule is CC(N)C(c1ccccc1F)N1CCN2CCCCC2C1. The largest absolute Gasteiger partial charge is 0.326 e. The number of hydrogen-bond acceptors (Lipinski definition) is 3. The van der Waals surface area contributed by atoms with Gasteiger partial charge in [0, 0.05) is 37.3 Å². The molecule has 1 aromatic carbocycles. The lowest BCUT2D eigenvalue weighted by Gasteiger charge is -2.47. The molecule has 0 bridgehead atoms. The Kier molecular flexibility index (Phi) is 4.57. The summed E-state index contributed by atoms with van der Waals surface area (Å²) in [4.78, 5) is 5.00. The van der Waals surface area contributed by atoms with Crippen LogP contribution in [0.25, 0.3) is 0 Å². The molecule has 3 unspecified atom stereocenters. The Morgan fingerprint density at radius 1 is 1.19 bits per heavy atom. The van der Waals surface area contributed by atoms with Crippen LogP contribution in [0.2, 0.25) is 0 Å². The highest BCUT2D eigenvalue weighted by molar-refractivity contribution is 5.23. The van der Waals surface area contributed by atoms with Crippen molar-refractivity contribution in [3.8, 4) is 0 Å². The number of benzene rings is 1. The van der Waals surface area contributed by atoms with Crippen LogP contribution < -0.4 is 5.73 Å². The summed E-state index contributed by atoms with van der Waals surface area (Å²) in [6.45, 7) is 6.30. The second kappa shape index (κ2) is 6.42. The summed E-state index contributed by atoms with van der Waals surface area (Å²) in [5, 5.41) is 0. The first-order valence-electron chi connectivity index (χ1n) is 8.15. The molecule has 2 N–H and O–H groups in total. The van der Waals surface area contributed by atoms with Crippen LogP contribution in [0.3, 0.4) is 0 Å². The standard InChI is InChI=1S/C17H26FN3/c1-13(19)17(15-7-2-3-8-16(15)18)21-11-10-20-9-5-4-6-14(20)12-21/h2-3,7-8,13-14,17H,4-6,9-12,19H2,1H3. The third-order valence-corrected chi connectivity index (χ3v) is 4.98. The first-order valence-corrected chi connectivity index (χ1v) is 8.15. The summed E-state index contributed by atoms with van der Waals surface area (Å²) in [7, 11) is 0. The van der Waals surface area contributed by atoms with E-state index in [1.165, 1.54) is 25.8 Å². The molecule has 2 saturated heterocycles. The maximum absolute atomic E-state index is 14.2. The number of nitrogens with zero attached hydrogens (tertiary/aromatic N) is 2. The highest BCUT2D eigenvalue weighted by Gasteiger charge is 2.34. The average molecular weight is 291 g/mol. The predicted octanol–water partition coefficient (Wildman–Crippen LogP) is 2.38. The molecular formula is C17H26FN3. The van der Waals surface area contributed by atoms with E-state index in [1.807, 2.05) is 19.1 Å². The number of hydrogen-bond donors (Lipinski definition) is 1. The van der Waals surface area contributed by atoms with Crippen molar-refractivity contribution in [2.45, 2.75) is 44.3 Å². The van der Waals surface area contributed by atoms with E-state index in [4.69, 9.17) is 5.73 Å². The minimum Gasteiger partial charge on any atom is -0.326 e. The summed E-state index contributed by atoms with van der Waals surface area (Å²) in [6.07, 6.45) is 3.90. The number of halogens is 1. The molecule has 3 atom stereocenters. The molecule has 3 rings (SSSR count). The fourth-order valence-electron chi connectivity index (χ4n) is 3.96. The molecule has 4 heteroatoms. The quantitative estimate of drug-likeness (QED) is 0.928. The van der Waals surface area contributed by atoms with E-state index >= 15 is 0 Å². The Morgan fingerprint density at radius 2 is 2.00 bits per heavy atom. The fourth-order valence-corrected chi connectivity index (χ4v) is 3.96. The molecule has 21 heavy (non-hydrogen) atoms. The van der Waals surface area contributed by atoms with Gasteiger partial charge in [0.2, 0.25) is 0 Å². The predicted molar refractivity (Wildman–Crippen MR) is 83.6 cm³/mol. The lowest BCUT2D eigenvalue weighted by atomic mass is 9.94. The smallest absolute Gasteiger partial charge is 0.128 e. The molecule has 116 valence electrons. The molecule has 0 amide bonds. The van der Waals surface area contributed by atoms with Crippen LogP contribution in [-0.4, -0.2) is 48.1 Å². The van der Waals surface area contributed by atoms with Crippen molar-refractivity contribution in [1.29, 1.82) is 0 Å². The second-order valence-electron chi connectivity index (χ2n) is 6.51. The number of nitrogens with two attached hydrogens (primary N) is 1. The van der Waals surface area contributed by atoms with Crippen molar-refractivity contribution in [2.75, 3.05) is 26.2 Å². The van der Waals surface area contributed by atoms with Crippen molar-refractivity contribution in [1.82, 2.24) is 9.80 Å². The molecule has 2 fully saturated rings. The van der Waals surface area contributed by atoms with E-state index in [0.29, 0.717) is 6.04 Å². The topological polar surface area (TPSA) is 32.5 Å². The van der Waals surface area contributed by atoms with Gasteiger partial charge in [-0.1, -0.05) is 24.6 Å². The lowest BCUT2D eigenvalue weighted by Crippen LogP contribution is -2.57. The van der Waals surface area contributed by atoms with Crippen molar-refractivity contribution in [2.24, 2.45) is 5.73 Å². The average Bonchev–Trinajstić information content (AvgIpc) is 2.49. The van der Waals surface area contributed by atoms with E-state index in [9.17, 15) is 4.39 Å². The minimum atomic E-state index is -0.133. The molecule has 0 aliphatic carbocycles. The monoisotopic (exact) mass is 291 g/mol. The van der Waals surface area contributed by atoms with Gasteiger partial charge in [-0.05, 0) is 32.4 Å². The Balaban J connectivity index is 1.80. The van der Waals surface area contributed by atoms with Crippen LogP contribution in [0, 0.1) is 5.82 Å². The van der Waals surface area contributed by atoms with Crippen LogP contribution >= 0.6 is 0 Å². The molecule has 0 spiro atoms. The van der Waals surface area contributed by atoms with Gasteiger partial charge in [-0.3, -0.25) is 9.80 Å². The number of rotatable bonds is 3. The van der Waals surface area contributed by atoms with Crippen LogP contribution in [-0.2, 0) is 0 Å². The maximum atomic E-state index is 14.2. The fraction of sp³-hybridized carbons (Fsp3) is 0.647. The molecular weight excluding hydrogens is 265 g/mol. The van der Waals surface area contributed by atoms with E-state index in [2.05, 4.69) is 9.80 Å². The van der Waals surface area contributed by atoms with Gasteiger partial charge in [0.1, 0.15) is 5.82 Å². The maximum Gasteiger partial charge on any atom is 0.128 e. The first kappa shape index (κ1) is 14.9. The van der Waals surface area contributed by atoms with Gasteiger partial charge in [0.15, 0.2) is 0 Å². The van der Waals surface area contributed by atoms with E-state index in [0.717, 1.165) is 25.2 Å². The molecule has 0 aromatic heterocycles. The minimum absolute atomic E-state index is 0.0183. The van der Waals surface area contributed by atoms with Gasteiger partial charge >= 0.3 is 0 Å². The molecule has 2 aliphatic heterocycles. The number of piperazine rings is 1. The van der Waals surface area contributed by atoms with Crippen molar-refractivity contribution >= 4 is 0 Å². The Labute approximate surface area is 126 Å². The highest BCUT2D eigenvalue weighted by Crippen LogP contribution is 2.30. The molecule has 2 heterocycles. The number of fused-ring (bicyclic) bond motifs is 1. The third kappa shape index (κ3) is 3.12. The summed E-state index contributed by atoms with van der Waals surface area (Å²) >= 11 is 0. The third-order valence-electron chi connectivity index (χ3n) is 4.98. The van der Waals surface area contributed by atoms with Crippen molar-refractivity contribution < 1.29 is 4.39 Å². The van der Waals surface area contributed by atoms with Gasteiger partial charge in [0.25, 0.3) is 0 Å². The van der Waals surface area contributed by atoms with Gasteiger partial charge in [-0.2, -0.15) is 0 Å². The van der Waals surface area contributed by atoms with E-state index < -0.39 is 0 Å². The molecule has 0 saturated carbocycles. The number of piperidine rings is 1. The Hall–Kier alpha value is -0.970. The molecule has 1 aromatic rings. The van der Waals surface area contributed by atoms with Crippen molar-refractivity contribution in [3.63, 3.8) is 0 Å². The summed E-state index contributed by atoms with van der Waals surface area (Å²) in [5.41, 5.74) is 6.96. The molecule has 2 aliphatic rings. The Morgan fingerprint density at radius 3 is 2.76 bits per heavy atom. The van der Waals surface area contributed by atoms with Gasteiger partial charge in [-0.15, -0.1) is 0 Å². The van der Waals surface area contributed by atoms with E-state index in [-0.39, 0.29) is 17.9 Å². The zero-order valence-corrected chi connectivity index (χ0v) is 12.8. The lowest BCUT2D eigenvalue weighted by molar-refractivity contribution is 0.0211. The summed E-state index contributed by atoms with van der Waals surface area (Å²) in [6, 6.07) is 7.62. The molecule has 3 nitrogen and oxygen atoms in total. The van der Waals surface area contributed by atoms with Gasteiger partial charge < -0.3 is 5.73 Å². The summed E-state index contributed by atoms with van der Waals surface area (Å²) < 4.78 is 14.2. The first-order chi connectivity index (χ1) is 10.2. The zero-order valence-electron chi connectivity index (χ0n) is 12.8. The van der Waals surface area contributed by atoms with Gasteiger partial charge in [0.05, 0.1) is 6.04 Å². The summed E-state index contributed by atoms with van der Waals surface area (Å²) in [5.74, 6) is -0.133.